The smallest absolute Gasteiger partial charge is 0.343 e. The Labute approximate surface area is 233 Å². The maximum absolute atomic E-state index is 13.1. The molecule has 0 aromatic heterocycles. The molecular formula is C31H20ClNO7. The number of hydrogen-bond acceptors (Lipinski definition) is 7. The van der Waals surface area contributed by atoms with Gasteiger partial charge in [-0.3, -0.25) is 14.4 Å². The van der Waals surface area contributed by atoms with Crippen molar-refractivity contribution >= 4 is 46.8 Å². The third kappa shape index (κ3) is 5.25. The lowest BCUT2D eigenvalue weighted by molar-refractivity contribution is 0.0474. The van der Waals surface area contributed by atoms with Crippen molar-refractivity contribution in [3.63, 3.8) is 0 Å². The highest BCUT2D eigenvalue weighted by atomic mass is 35.5. The summed E-state index contributed by atoms with van der Waals surface area (Å²) >= 11 is 6.07. The standard InChI is InChI=1S/C31H20ClNO7/c1-18-7-11-22(32)16-26(18)33-28(35)24-14-10-21(15-25(24)29(33)36)30(37)39-17-27(34)19-8-12-23(13-9-19)40-31(38)20-5-3-2-4-6-20/h2-16H,17H2,1H3. The highest BCUT2D eigenvalue weighted by Crippen LogP contribution is 2.33. The number of aryl methyl sites for hydroxylation is 1. The molecule has 0 atom stereocenters. The number of amides is 2. The fourth-order valence-electron chi connectivity index (χ4n) is 4.16. The van der Waals surface area contributed by atoms with E-state index in [1.807, 2.05) is 0 Å². The number of fused-ring (bicyclic) bond motifs is 1. The van der Waals surface area contributed by atoms with Crippen LogP contribution in [-0.4, -0.2) is 36.1 Å². The third-order valence-corrected chi connectivity index (χ3v) is 6.50. The quantitative estimate of drug-likeness (QED) is 0.125. The molecule has 198 valence electrons. The largest absolute Gasteiger partial charge is 0.454 e. The Bertz CT molecular complexity index is 1680. The van der Waals surface area contributed by atoms with Gasteiger partial charge in [-0.25, -0.2) is 14.5 Å². The van der Waals surface area contributed by atoms with E-state index in [2.05, 4.69) is 0 Å². The SMILES string of the molecule is Cc1ccc(Cl)cc1N1C(=O)c2ccc(C(=O)OCC(=O)c3ccc(OC(=O)c4ccccc4)cc3)cc2C1=O. The summed E-state index contributed by atoms with van der Waals surface area (Å²) in [7, 11) is 0. The van der Waals surface area contributed by atoms with E-state index < -0.39 is 36.1 Å². The van der Waals surface area contributed by atoms with Crippen LogP contribution in [0.2, 0.25) is 5.02 Å². The number of anilines is 1. The molecule has 0 radical (unpaired) electrons. The molecule has 4 aromatic rings. The van der Waals surface area contributed by atoms with Crippen LogP contribution >= 0.6 is 11.6 Å². The minimum Gasteiger partial charge on any atom is -0.454 e. The molecule has 0 saturated heterocycles. The molecule has 4 aromatic carbocycles. The van der Waals surface area contributed by atoms with Crippen molar-refractivity contribution in [2.24, 2.45) is 0 Å². The summed E-state index contributed by atoms with van der Waals surface area (Å²) < 4.78 is 10.5. The van der Waals surface area contributed by atoms with E-state index in [1.54, 1.807) is 49.4 Å². The predicted octanol–water partition coefficient (Wildman–Crippen LogP) is 5.71. The van der Waals surface area contributed by atoms with Crippen LogP contribution in [-0.2, 0) is 4.74 Å². The minimum atomic E-state index is -0.831. The van der Waals surface area contributed by atoms with Crippen molar-refractivity contribution in [3.8, 4) is 5.75 Å². The number of Topliss-reactive ketones (excluding diaryl/α,β-unsaturated/α-hetero) is 1. The second-order valence-electron chi connectivity index (χ2n) is 8.92. The van der Waals surface area contributed by atoms with Gasteiger partial charge in [0.15, 0.2) is 12.4 Å². The number of imide groups is 1. The summed E-state index contributed by atoms with van der Waals surface area (Å²) in [5.41, 5.74) is 1.87. The second kappa shape index (κ2) is 11.0. The predicted molar refractivity (Wildman–Crippen MR) is 146 cm³/mol. The van der Waals surface area contributed by atoms with Crippen molar-refractivity contribution in [2.45, 2.75) is 6.92 Å². The number of carbonyl (C=O) groups excluding carboxylic acids is 5. The number of halogens is 1. The average molecular weight is 554 g/mol. The number of ether oxygens (including phenoxy) is 2. The maximum Gasteiger partial charge on any atom is 0.343 e. The molecule has 0 unspecified atom stereocenters. The molecule has 1 aliphatic heterocycles. The molecule has 0 N–H and O–H groups in total. The Kier molecular flexibility index (Phi) is 7.27. The van der Waals surface area contributed by atoms with E-state index in [-0.39, 0.29) is 28.0 Å². The van der Waals surface area contributed by atoms with Gasteiger partial charge < -0.3 is 9.47 Å². The van der Waals surface area contributed by atoms with Crippen molar-refractivity contribution in [3.05, 3.63) is 129 Å². The van der Waals surface area contributed by atoms with Gasteiger partial charge in [0.05, 0.1) is 27.9 Å². The number of rotatable bonds is 7. The van der Waals surface area contributed by atoms with Gasteiger partial charge in [0, 0.05) is 10.6 Å². The fourth-order valence-corrected chi connectivity index (χ4v) is 4.32. The molecule has 0 bridgehead atoms. The summed E-state index contributed by atoms with van der Waals surface area (Å²) in [5, 5.41) is 0.369. The Balaban J connectivity index is 1.22. The first-order valence-corrected chi connectivity index (χ1v) is 12.5. The molecular weight excluding hydrogens is 534 g/mol. The number of esters is 2. The second-order valence-corrected chi connectivity index (χ2v) is 9.35. The van der Waals surface area contributed by atoms with Crippen molar-refractivity contribution in [1.82, 2.24) is 0 Å². The summed E-state index contributed by atoms with van der Waals surface area (Å²) in [5.74, 6) is -2.72. The number of benzene rings is 4. The molecule has 1 aliphatic rings. The lowest BCUT2D eigenvalue weighted by Crippen LogP contribution is -2.30. The molecule has 0 fully saturated rings. The highest BCUT2D eigenvalue weighted by molar-refractivity contribution is 6.36. The summed E-state index contributed by atoms with van der Waals surface area (Å²) in [6.45, 7) is 1.19. The van der Waals surface area contributed by atoms with E-state index in [1.165, 1.54) is 48.5 Å². The van der Waals surface area contributed by atoms with Crippen molar-refractivity contribution < 1.29 is 33.4 Å². The van der Waals surface area contributed by atoms with Crippen LogP contribution in [0.15, 0.2) is 91.0 Å². The van der Waals surface area contributed by atoms with E-state index in [0.717, 1.165) is 4.90 Å². The van der Waals surface area contributed by atoms with E-state index in [9.17, 15) is 24.0 Å². The topological polar surface area (TPSA) is 107 Å². The Hall–Kier alpha value is -5.08. The van der Waals surface area contributed by atoms with E-state index in [4.69, 9.17) is 21.1 Å². The number of nitrogens with zero attached hydrogens (tertiary/aromatic N) is 1. The summed E-state index contributed by atoms with van der Waals surface area (Å²) in [4.78, 5) is 64.5. The first-order valence-electron chi connectivity index (χ1n) is 12.1. The van der Waals surface area contributed by atoms with Crippen LogP contribution in [0.5, 0.6) is 5.75 Å². The Morgan fingerprint density at radius 3 is 2.12 bits per heavy atom. The number of hydrogen-bond donors (Lipinski definition) is 0. The zero-order valence-electron chi connectivity index (χ0n) is 21.1. The van der Waals surface area contributed by atoms with Gasteiger partial charge in [-0.2, -0.15) is 0 Å². The molecule has 0 aliphatic carbocycles. The third-order valence-electron chi connectivity index (χ3n) is 6.27. The maximum atomic E-state index is 13.1. The number of ketones is 1. The highest BCUT2D eigenvalue weighted by Gasteiger charge is 2.38. The molecule has 5 rings (SSSR count). The van der Waals surface area contributed by atoms with E-state index in [0.29, 0.717) is 21.8 Å². The van der Waals surface area contributed by atoms with Gasteiger partial charge in [-0.1, -0.05) is 35.9 Å². The van der Waals surface area contributed by atoms with Gasteiger partial charge in [-0.15, -0.1) is 0 Å². The molecule has 1 heterocycles. The van der Waals surface area contributed by atoms with Crippen LogP contribution in [0.3, 0.4) is 0 Å². The van der Waals surface area contributed by atoms with Gasteiger partial charge in [0.25, 0.3) is 11.8 Å². The molecule has 2 amide bonds. The normalized spacial score (nSPS) is 12.2. The van der Waals surface area contributed by atoms with Crippen molar-refractivity contribution in [1.29, 1.82) is 0 Å². The average Bonchev–Trinajstić information content (AvgIpc) is 3.22. The van der Waals surface area contributed by atoms with Crippen LogP contribution in [0.1, 0.15) is 57.4 Å². The van der Waals surface area contributed by atoms with Crippen LogP contribution in [0.4, 0.5) is 5.69 Å². The zero-order chi connectivity index (χ0) is 28.4. The van der Waals surface area contributed by atoms with Crippen LogP contribution in [0, 0.1) is 6.92 Å². The van der Waals surface area contributed by atoms with Crippen molar-refractivity contribution in [2.75, 3.05) is 11.5 Å². The first kappa shape index (κ1) is 26.5. The van der Waals surface area contributed by atoms with Gasteiger partial charge in [-0.05, 0) is 79.2 Å². The molecule has 0 spiro atoms. The zero-order valence-corrected chi connectivity index (χ0v) is 21.8. The van der Waals surface area contributed by atoms with Gasteiger partial charge >= 0.3 is 11.9 Å². The van der Waals surface area contributed by atoms with Crippen LogP contribution < -0.4 is 9.64 Å². The summed E-state index contributed by atoms with van der Waals surface area (Å²) in [6, 6.07) is 23.2. The minimum absolute atomic E-state index is 0.0144. The fraction of sp³-hybridized carbons (Fsp3) is 0.0645. The monoisotopic (exact) mass is 553 g/mol. The number of carbonyl (C=O) groups is 5. The van der Waals surface area contributed by atoms with E-state index >= 15 is 0 Å². The van der Waals surface area contributed by atoms with Gasteiger partial charge in [0.1, 0.15) is 5.75 Å². The Morgan fingerprint density at radius 1 is 0.725 bits per heavy atom. The lowest BCUT2D eigenvalue weighted by atomic mass is 10.1. The summed E-state index contributed by atoms with van der Waals surface area (Å²) in [6.07, 6.45) is 0. The molecule has 40 heavy (non-hydrogen) atoms. The first-order chi connectivity index (χ1) is 19.2. The molecule has 0 saturated carbocycles. The molecule has 9 heteroatoms. The Morgan fingerprint density at radius 2 is 1.40 bits per heavy atom. The molecule has 8 nitrogen and oxygen atoms in total. The van der Waals surface area contributed by atoms with Crippen LogP contribution in [0.25, 0.3) is 0 Å². The lowest BCUT2D eigenvalue weighted by Gasteiger charge is -2.16. The van der Waals surface area contributed by atoms with Gasteiger partial charge in [0.2, 0.25) is 0 Å².